The number of nitrogens with zero attached hydrogens (tertiary/aromatic N) is 2. The Labute approximate surface area is 197 Å². The zero-order chi connectivity index (χ0) is 23.8. The minimum absolute atomic E-state index is 0.0119. The molecule has 4 rings (SSSR count). The van der Waals surface area contributed by atoms with Crippen LogP contribution in [-0.2, 0) is 21.9 Å². The molecule has 0 amide bonds. The third kappa shape index (κ3) is 4.62. The van der Waals surface area contributed by atoms with Crippen molar-refractivity contribution in [2.24, 2.45) is 0 Å². The lowest BCUT2D eigenvalue weighted by Crippen LogP contribution is -2.30. The van der Waals surface area contributed by atoms with Crippen LogP contribution in [0.25, 0.3) is 22.3 Å². The second kappa shape index (κ2) is 8.95. The smallest absolute Gasteiger partial charge is 0.340 e. The summed E-state index contributed by atoms with van der Waals surface area (Å²) in [4.78, 5) is 16.7. The van der Waals surface area contributed by atoms with Crippen molar-refractivity contribution in [3.8, 4) is 11.3 Å². The minimum Gasteiger partial charge on any atom is -0.478 e. The molecule has 0 bridgehead atoms. The molecular formula is C23H18BrFN2O5S. The van der Waals surface area contributed by atoms with E-state index in [1.54, 1.807) is 30.3 Å². The van der Waals surface area contributed by atoms with Crippen molar-refractivity contribution in [3.63, 3.8) is 0 Å². The van der Waals surface area contributed by atoms with Crippen LogP contribution in [0.3, 0.4) is 0 Å². The van der Waals surface area contributed by atoms with Crippen LogP contribution in [0, 0.1) is 5.82 Å². The van der Waals surface area contributed by atoms with E-state index in [-0.39, 0.29) is 34.5 Å². The zero-order valence-corrected chi connectivity index (χ0v) is 19.7. The fourth-order valence-electron chi connectivity index (χ4n) is 3.57. The molecule has 4 aromatic rings. The number of furan rings is 1. The van der Waals surface area contributed by atoms with Gasteiger partial charge in [0.1, 0.15) is 22.7 Å². The topological polar surface area (TPSA) is 101 Å². The van der Waals surface area contributed by atoms with E-state index in [0.29, 0.717) is 16.6 Å². The van der Waals surface area contributed by atoms with Crippen LogP contribution in [0.15, 0.2) is 65.1 Å². The first-order valence-corrected chi connectivity index (χ1v) is 12.7. The van der Waals surface area contributed by atoms with Gasteiger partial charge in [-0.1, -0.05) is 28.1 Å². The van der Waals surface area contributed by atoms with Crippen LogP contribution in [0.4, 0.5) is 10.1 Å². The molecule has 0 unspecified atom stereocenters. The predicted octanol–water partition coefficient (Wildman–Crippen LogP) is 5.19. The maximum absolute atomic E-state index is 13.4. The molecule has 0 aliphatic rings. The lowest BCUT2D eigenvalue weighted by atomic mass is 10.0. The molecule has 7 nitrogen and oxygen atoms in total. The number of aromatic nitrogens is 1. The lowest BCUT2D eigenvalue weighted by molar-refractivity contribution is 0.0699. The van der Waals surface area contributed by atoms with Gasteiger partial charge >= 0.3 is 5.97 Å². The Balaban J connectivity index is 1.94. The van der Waals surface area contributed by atoms with Gasteiger partial charge in [0.15, 0.2) is 0 Å². The summed E-state index contributed by atoms with van der Waals surface area (Å²) in [7, 11) is -3.83. The molecule has 2 aromatic carbocycles. The van der Waals surface area contributed by atoms with Gasteiger partial charge in [0.2, 0.25) is 10.0 Å². The van der Waals surface area contributed by atoms with Gasteiger partial charge in [0, 0.05) is 10.9 Å². The number of hydrogen-bond donors (Lipinski definition) is 1. The summed E-state index contributed by atoms with van der Waals surface area (Å²) in [5, 5.41) is 10.6. The number of halogens is 2. The van der Waals surface area contributed by atoms with Gasteiger partial charge in [-0.2, -0.15) is 0 Å². The molecule has 2 aromatic heterocycles. The number of carbonyl (C=O) groups is 1. The molecular weight excluding hydrogens is 515 g/mol. The summed E-state index contributed by atoms with van der Waals surface area (Å²) >= 11 is 3.33. The number of sulfonamides is 1. The highest BCUT2D eigenvalue weighted by atomic mass is 79.9. The Morgan fingerprint density at radius 2 is 1.76 bits per heavy atom. The summed E-state index contributed by atoms with van der Waals surface area (Å²) in [6, 6.07) is 15.1. The van der Waals surface area contributed by atoms with E-state index in [1.807, 2.05) is 0 Å². The Morgan fingerprint density at radius 3 is 2.39 bits per heavy atom. The number of hydrogen-bond acceptors (Lipinski definition) is 5. The van der Waals surface area contributed by atoms with Crippen molar-refractivity contribution in [3.05, 3.63) is 83.4 Å². The maximum Gasteiger partial charge on any atom is 0.340 e. The van der Waals surface area contributed by atoms with Crippen molar-refractivity contribution < 1.29 is 27.1 Å². The molecule has 0 fully saturated rings. The number of carboxylic acid groups (broad SMARTS) is 1. The van der Waals surface area contributed by atoms with E-state index in [2.05, 4.69) is 20.9 Å². The SMILES string of the molecule is CS(=O)(=O)N(Cc1cccc(CBr)n1)c1cccc2oc(-c3ccc(F)cc3)c(C(=O)O)c12. The van der Waals surface area contributed by atoms with Crippen molar-refractivity contribution in [2.75, 3.05) is 10.6 Å². The number of alkyl halides is 1. The average Bonchev–Trinajstić information content (AvgIpc) is 3.17. The summed E-state index contributed by atoms with van der Waals surface area (Å²) in [5.74, 6) is -1.76. The van der Waals surface area contributed by atoms with Gasteiger partial charge in [-0.3, -0.25) is 9.29 Å². The lowest BCUT2D eigenvalue weighted by Gasteiger charge is -2.23. The molecule has 0 aliphatic heterocycles. The van der Waals surface area contributed by atoms with E-state index in [0.717, 1.165) is 16.3 Å². The Kier molecular flexibility index (Phi) is 6.22. The highest BCUT2D eigenvalue weighted by Gasteiger charge is 2.29. The van der Waals surface area contributed by atoms with Gasteiger partial charge in [-0.05, 0) is 48.5 Å². The fraction of sp³-hybridized carbons (Fsp3) is 0.130. The second-order valence-corrected chi connectivity index (χ2v) is 9.76. The molecule has 0 radical (unpaired) electrons. The summed E-state index contributed by atoms with van der Waals surface area (Å²) in [6.45, 7) is -0.102. The normalized spacial score (nSPS) is 11.6. The quantitative estimate of drug-likeness (QED) is 0.328. The number of pyridine rings is 1. The van der Waals surface area contributed by atoms with E-state index < -0.39 is 21.8 Å². The number of rotatable bonds is 7. The molecule has 0 saturated carbocycles. The van der Waals surface area contributed by atoms with E-state index in [4.69, 9.17) is 4.42 Å². The molecule has 0 aliphatic carbocycles. The van der Waals surface area contributed by atoms with Gasteiger partial charge in [-0.15, -0.1) is 0 Å². The van der Waals surface area contributed by atoms with Gasteiger partial charge in [0.25, 0.3) is 0 Å². The number of fused-ring (bicyclic) bond motifs is 1. The van der Waals surface area contributed by atoms with Gasteiger partial charge in [0.05, 0.1) is 35.3 Å². The van der Waals surface area contributed by atoms with Crippen molar-refractivity contribution in [1.82, 2.24) is 4.98 Å². The van der Waals surface area contributed by atoms with Gasteiger partial charge in [-0.25, -0.2) is 17.6 Å². The van der Waals surface area contributed by atoms with Gasteiger partial charge < -0.3 is 9.52 Å². The molecule has 170 valence electrons. The zero-order valence-electron chi connectivity index (χ0n) is 17.3. The number of anilines is 1. The third-order valence-corrected chi connectivity index (χ3v) is 6.69. The van der Waals surface area contributed by atoms with Crippen LogP contribution >= 0.6 is 15.9 Å². The largest absolute Gasteiger partial charge is 0.478 e. The first kappa shape index (κ1) is 22.9. The second-order valence-electron chi connectivity index (χ2n) is 7.29. The highest BCUT2D eigenvalue weighted by Crippen LogP contribution is 2.40. The first-order chi connectivity index (χ1) is 15.7. The molecule has 0 spiro atoms. The Morgan fingerprint density at radius 1 is 1.09 bits per heavy atom. The van der Waals surface area contributed by atoms with Crippen LogP contribution in [0.5, 0.6) is 0 Å². The van der Waals surface area contributed by atoms with Crippen molar-refractivity contribution in [1.29, 1.82) is 0 Å². The molecule has 2 heterocycles. The molecule has 0 atom stereocenters. The summed E-state index contributed by atoms with van der Waals surface area (Å²) in [6.07, 6.45) is 1.04. The number of aromatic carboxylic acids is 1. The third-order valence-electron chi connectivity index (χ3n) is 4.99. The van der Waals surface area contributed by atoms with Crippen LogP contribution in [0.1, 0.15) is 21.7 Å². The van der Waals surface area contributed by atoms with Crippen molar-refractivity contribution >= 4 is 48.6 Å². The van der Waals surface area contributed by atoms with Crippen LogP contribution in [0.2, 0.25) is 0 Å². The number of benzene rings is 2. The van der Waals surface area contributed by atoms with E-state index in [1.165, 1.54) is 30.3 Å². The molecule has 0 saturated heterocycles. The number of carboxylic acids is 1. The Bertz CT molecular complexity index is 1450. The highest BCUT2D eigenvalue weighted by molar-refractivity contribution is 9.08. The average molecular weight is 533 g/mol. The molecule has 1 N–H and O–H groups in total. The maximum atomic E-state index is 13.4. The van der Waals surface area contributed by atoms with Crippen LogP contribution in [-0.4, -0.2) is 30.7 Å². The predicted molar refractivity (Wildman–Crippen MR) is 126 cm³/mol. The standard InChI is InChI=1S/C23H18BrFN2O5S/c1-33(30,31)27(13-17-5-2-4-16(12-24)26-17)18-6-3-7-19-20(18)21(23(28)29)22(32-19)14-8-10-15(25)11-9-14/h2-11H,12-13H2,1H3,(H,28,29). The van der Waals surface area contributed by atoms with Crippen LogP contribution < -0.4 is 4.31 Å². The monoisotopic (exact) mass is 532 g/mol. The fourth-order valence-corrected chi connectivity index (χ4v) is 4.76. The summed E-state index contributed by atoms with van der Waals surface area (Å²) in [5.41, 5.74) is 1.72. The first-order valence-electron chi connectivity index (χ1n) is 9.72. The Hall–Kier alpha value is -3.24. The van der Waals surface area contributed by atoms with E-state index >= 15 is 0 Å². The molecule has 33 heavy (non-hydrogen) atoms. The summed E-state index contributed by atoms with van der Waals surface area (Å²) < 4.78 is 45.9. The van der Waals surface area contributed by atoms with Crippen molar-refractivity contribution in [2.45, 2.75) is 11.9 Å². The minimum atomic E-state index is -3.83. The van der Waals surface area contributed by atoms with E-state index in [9.17, 15) is 22.7 Å². The molecule has 10 heteroatoms.